The molecule has 1 aromatic rings. The van der Waals surface area contributed by atoms with E-state index >= 15 is 0 Å². The fraction of sp³-hybridized carbons (Fsp3) is 0.214. The summed E-state index contributed by atoms with van der Waals surface area (Å²) in [4.78, 5) is 13.3. The highest BCUT2D eigenvalue weighted by molar-refractivity contribution is 6.01. The Morgan fingerprint density at radius 1 is 1.19 bits per heavy atom. The molecule has 0 bridgehead atoms. The highest BCUT2D eigenvalue weighted by Gasteiger charge is 2.05. The zero-order valence-corrected chi connectivity index (χ0v) is 9.97. The molecule has 0 aliphatic heterocycles. The van der Waals surface area contributed by atoms with Gasteiger partial charge < -0.3 is 4.90 Å². The third-order valence-corrected chi connectivity index (χ3v) is 2.29. The van der Waals surface area contributed by atoms with Crippen molar-refractivity contribution in [1.82, 2.24) is 0 Å². The van der Waals surface area contributed by atoms with Gasteiger partial charge in [0.05, 0.1) is 0 Å². The van der Waals surface area contributed by atoms with E-state index in [4.69, 9.17) is 0 Å². The van der Waals surface area contributed by atoms with Gasteiger partial charge in [-0.05, 0) is 26.0 Å². The third-order valence-electron chi connectivity index (χ3n) is 2.29. The molecule has 0 radical (unpaired) electrons. The van der Waals surface area contributed by atoms with E-state index in [9.17, 15) is 4.79 Å². The number of rotatable bonds is 3. The van der Waals surface area contributed by atoms with Crippen LogP contribution in [-0.4, -0.2) is 13.0 Å². The van der Waals surface area contributed by atoms with E-state index in [1.807, 2.05) is 50.3 Å². The van der Waals surface area contributed by atoms with Gasteiger partial charge >= 0.3 is 0 Å². The summed E-state index contributed by atoms with van der Waals surface area (Å²) in [6.07, 6.45) is 7.02. The van der Waals surface area contributed by atoms with E-state index in [-0.39, 0.29) is 5.91 Å². The maximum absolute atomic E-state index is 11.7. The summed E-state index contributed by atoms with van der Waals surface area (Å²) >= 11 is 0. The molecule has 2 heteroatoms. The molecule has 0 spiro atoms. The average molecular weight is 215 g/mol. The number of aryl methyl sites for hydroxylation is 1. The van der Waals surface area contributed by atoms with Gasteiger partial charge in [0.2, 0.25) is 0 Å². The lowest BCUT2D eigenvalue weighted by molar-refractivity contribution is -0.113. The SMILES string of the molecule is C/C=C/C=C/C(=O)N(C)c1ccc(C)cc1. The van der Waals surface area contributed by atoms with E-state index < -0.39 is 0 Å². The van der Waals surface area contributed by atoms with E-state index in [0.29, 0.717) is 0 Å². The van der Waals surface area contributed by atoms with E-state index in [2.05, 4.69) is 0 Å². The Hall–Kier alpha value is -1.83. The molecule has 0 aliphatic rings. The molecule has 0 saturated heterocycles. The highest BCUT2D eigenvalue weighted by Crippen LogP contribution is 2.13. The van der Waals surface area contributed by atoms with Gasteiger partial charge in [0.25, 0.3) is 5.91 Å². The Balaban J connectivity index is 2.74. The lowest BCUT2D eigenvalue weighted by atomic mass is 10.2. The number of carbonyl (C=O) groups excluding carboxylic acids is 1. The van der Waals surface area contributed by atoms with Crippen LogP contribution in [0.2, 0.25) is 0 Å². The second-order valence-electron chi connectivity index (χ2n) is 3.62. The number of likely N-dealkylation sites (N-methyl/N-ethyl adjacent to an activating group) is 1. The molecule has 0 fully saturated rings. The number of benzene rings is 1. The number of hydrogen-bond donors (Lipinski definition) is 0. The van der Waals surface area contributed by atoms with Gasteiger partial charge in [-0.15, -0.1) is 0 Å². The van der Waals surface area contributed by atoms with Gasteiger partial charge in [0.1, 0.15) is 0 Å². The normalized spacial score (nSPS) is 11.2. The number of allylic oxidation sites excluding steroid dienone is 3. The van der Waals surface area contributed by atoms with Gasteiger partial charge in [-0.1, -0.05) is 35.9 Å². The van der Waals surface area contributed by atoms with Crippen molar-refractivity contribution >= 4 is 11.6 Å². The molecule has 16 heavy (non-hydrogen) atoms. The Bertz CT molecular complexity index is 401. The minimum Gasteiger partial charge on any atom is -0.312 e. The quantitative estimate of drug-likeness (QED) is 0.560. The molecule has 0 aromatic heterocycles. The molecule has 1 rings (SSSR count). The van der Waals surface area contributed by atoms with E-state index in [1.54, 1.807) is 24.1 Å². The predicted molar refractivity (Wildman–Crippen MR) is 68.5 cm³/mol. The highest BCUT2D eigenvalue weighted by atomic mass is 16.2. The molecule has 0 aliphatic carbocycles. The van der Waals surface area contributed by atoms with Gasteiger partial charge in [-0.3, -0.25) is 4.79 Å². The fourth-order valence-corrected chi connectivity index (χ4v) is 1.26. The first kappa shape index (κ1) is 12.2. The second kappa shape index (κ2) is 5.91. The lowest BCUT2D eigenvalue weighted by Crippen LogP contribution is -2.23. The van der Waals surface area contributed by atoms with Crippen molar-refractivity contribution in [3.63, 3.8) is 0 Å². The van der Waals surface area contributed by atoms with Gasteiger partial charge in [-0.25, -0.2) is 0 Å². The fourth-order valence-electron chi connectivity index (χ4n) is 1.26. The molecule has 1 amide bonds. The van der Waals surface area contributed by atoms with Crippen molar-refractivity contribution in [2.24, 2.45) is 0 Å². The first-order chi connectivity index (χ1) is 7.65. The second-order valence-corrected chi connectivity index (χ2v) is 3.62. The summed E-state index contributed by atoms with van der Waals surface area (Å²) in [5.41, 5.74) is 2.09. The zero-order chi connectivity index (χ0) is 12.0. The molecule has 0 saturated carbocycles. The van der Waals surface area contributed by atoms with Crippen LogP contribution in [0.15, 0.2) is 48.6 Å². The molecule has 0 atom stereocenters. The zero-order valence-electron chi connectivity index (χ0n) is 9.97. The van der Waals surface area contributed by atoms with Crippen LogP contribution in [0.25, 0.3) is 0 Å². The summed E-state index contributed by atoms with van der Waals surface area (Å²) in [5.74, 6) is -0.0260. The standard InChI is InChI=1S/C14H17NO/c1-4-5-6-7-14(16)15(3)13-10-8-12(2)9-11-13/h4-11H,1-3H3/b5-4+,7-6+. The van der Waals surface area contributed by atoms with Gasteiger partial charge in [0, 0.05) is 18.8 Å². The molecule has 1 aromatic carbocycles. The number of hydrogen-bond acceptors (Lipinski definition) is 1. The van der Waals surface area contributed by atoms with Crippen LogP contribution in [0.5, 0.6) is 0 Å². The lowest BCUT2D eigenvalue weighted by Gasteiger charge is -2.15. The third kappa shape index (κ3) is 3.39. The Morgan fingerprint density at radius 2 is 1.81 bits per heavy atom. The largest absolute Gasteiger partial charge is 0.312 e. The van der Waals surface area contributed by atoms with Crippen LogP contribution in [-0.2, 0) is 4.79 Å². The average Bonchev–Trinajstić information content (AvgIpc) is 2.29. The smallest absolute Gasteiger partial charge is 0.250 e. The number of amides is 1. The maximum atomic E-state index is 11.7. The van der Waals surface area contributed by atoms with Crippen LogP contribution in [0.4, 0.5) is 5.69 Å². The van der Waals surface area contributed by atoms with Crippen LogP contribution < -0.4 is 4.90 Å². The van der Waals surface area contributed by atoms with E-state index in [1.165, 1.54) is 5.56 Å². The Labute approximate surface area is 96.9 Å². The molecule has 0 heterocycles. The van der Waals surface area contributed by atoms with Crippen LogP contribution in [0.3, 0.4) is 0 Å². The van der Waals surface area contributed by atoms with E-state index in [0.717, 1.165) is 5.69 Å². The monoisotopic (exact) mass is 215 g/mol. The number of anilines is 1. The topological polar surface area (TPSA) is 20.3 Å². The predicted octanol–water partition coefficient (Wildman–Crippen LogP) is 3.09. The van der Waals surface area contributed by atoms with Crippen molar-refractivity contribution in [3.8, 4) is 0 Å². The maximum Gasteiger partial charge on any atom is 0.250 e. The molecular formula is C14H17NO. The van der Waals surface area contributed by atoms with Gasteiger partial charge in [-0.2, -0.15) is 0 Å². The van der Waals surface area contributed by atoms with Crippen molar-refractivity contribution < 1.29 is 4.79 Å². The molecule has 0 N–H and O–H groups in total. The van der Waals surface area contributed by atoms with Gasteiger partial charge in [0.15, 0.2) is 0 Å². The van der Waals surface area contributed by atoms with Crippen molar-refractivity contribution in [2.75, 3.05) is 11.9 Å². The van der Waals surface area contributed by atoms with Crippen LogP contribution in [0.1, 0.15) is 12.5 Å². The Morgan fingerprint density at radius 3 is 2.38 bits per heavy atom. The van der Waals surface area contributed by atoms with Crippen molar-refractivity contribution in [2.45, 2.75) is 13.8 Å². The summed E-state index contributed by atoms with van der Waals surface area (Å²) in [6, 6.07) is 7.87. The first-order valence-electron chi connectivity index (χ1n) is 5.29. The summed E-state index contributed by atoms with van der Waals surface area (Å²) in [5, 5.41) is 0. The summed E-state index contributed by atoms with van der Waals surface area (Å²) in [7, 11) is 1.77. The number of nitrogens with zero attached hydrogens (tertiary/aromatic N) is 1. The molecular weight excluding hydrogens is 198 g/mol. The number of carbonyl (C=O) groups is 1. The summed E-state index contributed by atoms with van der Waals surface area (Å²) < 4.78 is 0. The molecule has 2 nitrogen and oxygen atoms in total. The van der Waals surface area contributed by atoms with Crippen molar-refractivity contribution in [3.05, 3.63) is 54.1 Å². The first-order valence-corrected chi connectivity index (χ1v) is 5.29. The molecule has 84 valence electrons. The minimum absolute atomic E-state index is 0.0260. The minimum atomic E-state index is -0.0260. The Kier molecular flexibility index (Phi) is 4.52. The summed E-state index contributed by atoms with van der Waals surface area (Å²) in [6.45, 7) is 3.94. The van der Waals surface area contributed by atoms with Crippen molar-refractivity contribution in [1.29, 1.82) is 0 Å². The van der Waals surface area contributed by atoms with Crippen LogP contribution >= 0.6 is 0 Å². The van der Waals surface area contributed by atoms with Crippen LogP contribution in [0, 0.1) is 6.92 Å². The molecule has 0 unspecified atom stereocenters.